The van der Waals surface area contributed by atoms with Crippen molar-refractivity contribution in [3.05, 3.63) is 38.5 Å². The fraction of sp³-hybridized carbons (Fsp3) is 0.222. The van der Waals surface area contributed by atoms with Crippen molar-refractivity contribution in [2.75, 3.05) is 0 Å². The maximum atomic E-state index is 8.82. The predicted octanol–water partition coefficient (Wildman–Crippen LogP) is 2.29. The van der Waals surface area contributed by atoms with Crippen molar-refractivity contribution in [2.24, 2.45) is 0 Å². The topological polar surface area (TPSA) is 33.1 Å². The van der Waals surface area contributed by atoms with Crippen LogP contribution in [0.1, 0.15) is 15.6 Å². The van der Waals surface area contributed by atoms with E-state index >= 15 is 0 Å². The van der Waals surface area contributed by atoms with E-state index in [0.717, 1.165) is 17.1 Å². The van der Waals surface area contributed by atoms with Crippen LogP contribution in [0.2, 0.25) is 0 Å². The van der Waals surface area contributed by atoms with E-state index in [1.807, 2.05) is 11.4 Å². The Kier molecular flexibility index (Phi) is 2.73. The largest absolute Gasteiger partial charge is 0.390 e. The normalized spacial score (nSPS) is 10.5. The molecule has 0 aliphatic heterocycles. The zero-order chi connectivity index (χ0) is 9.10. The van der Waals surface area contributed by atoms with Gasteiger partial charge in [-0.1, -0.05) is 6.07 Å². The van der Waals surface area contributed by atoms with E-state index in [1.165, 1.54) is 4.88 Å². The monoisotopic (exact) mass is 211 g/mol. The minimum absolute atomic E-state index is 0.0426. The number of rotatable bonds is 3. The molecule has 0 radical (unpaired) electrons. The molecule has 0 aliphatic rings. The molecule has 0 unspecified atom stereocenters. The van der Waals surface area contributed by atoms with E-state index in [4.69, 9.17) is 5.11 Å². The Labute approximate surface area is 84.5 Å². The number of aliphatic hydroxyl groups is 1. The van der Waals surface area contributed by atoms with Gasteiger partial charge in [0.05, 0.1) is 17.3 Å². The van der Waals surface area contributed by atoms with Crippen molar-refractivity contribution in [1.29, 1.82) is 0 Å². The molecular formula is C9H9NOS2. The van der Waals surface area contributed by atoms with Crippen LogP contribution in [0.15, 0.2) is 22.9 Å². The van der Waals surface area contributed by atoms with Crippen molar-refractivity contribution in [3.63, 3.8) is 0 Å². The van der Waals surface area contributed by atoms with E-state index in [0.29, 0.717) is 0 Å². The first-order chi connectivity index (χ1) is 6.38. The Morgan fingerprint density at radius 2 is 2.31 bits per heavy atom. The molecule has 13 heavy (non-hydrogen) atoms. The van der Waals surface area contributed by atoms with Crippen LogP contribution in [0.4, 0.5) is 0 Å². The average molecular weight is 211 g/mol. The van der Waals surface area contributed by atoms with Crippen LogP contribution >= 0.6 is 22.7 Å². The summed E-state index contributed by atoms with van der Waals surface area (Å²) in [6.45, 7) is 0.0426. The number of aromatic nitrogens is 1. The number of nitrogens with zero attached hydrogens (tertiary/aromatic N) is 1. The Hall–Kier alpha value is -0.710. The standard InChI is InChI=1S/C9H9NOS2/c11-5-7-6-13-9(10-7)4-8-2-1-3-12-8/h1-3,6,11H,4-5H2. The summed E-state index contributed by atoms with van der Waals surface area (Å²) in [6, 6.07) is 4.14. The number of aliphatic hydroxyl groups excluding tert-OH is 1. The number of hydrogen-bond donors (Lipinski definition) is 1. The molecule has 0 aliphatic carbocycles. The third-order valence-electron chi connectivity index (χ3n) is 1.67. The van der Waals surface area contributed by atoms with Crippen molar-refractivity contribution in [1.82, 2.24) is 4.98 Å². The fourth-order valence-electron chi connectivity index (χ4n) is 1.06. The molecule has 0 spiro atoms. The van der Waals surface area contributed by atoms with Crippen LogP contribution in [0.5, 0.6) is 0 Å². The molecule has 2 rings (SSSR count). The molecule has 2 heterocycles. The summed E-state index contributed by atoms with van der Waals surface area (Å²) >= 11 is 3.35. The summed E-state index contributed by atoms with van der Waals surface area (Å²) in [7, 11) is 0. The van der Waals surface area contributed by atoms with Gasteiger partial charge in [0.1, 0.15) is 0 Å². The second-order valence-electron chi connectivity index (χ2n) is 2.65. The summed E-state index contributed by atoms with van der Waals surface area (Å²) in [6.07, 6.45) is 0.891. The summed E-state index contributed by atoms with van der Waals surface area (Å²) < 4.78 is 0. The molecule has 68 valence electrons. The van der Waals surface area contributed by atoms with Crippen LogP contribution in [-0.4, -0.2) is 10.1 Å². The first-order valence-electron chi connectivity index (χ1n) is 3.95. The van der Waals surface area contributed by atoms with Gasteiger partial charge in [0, 0.05) is 16.7 Å². The van der Waals surface area contributed by atoms with E-state index < -0.39 is 0 Å². The molecular weight excluding hydrogens is 202 g/mol. The molecule has 0 amide bonds. The number of thiazole rings is 1. The summed E-state index contributed by atoms with van der Waals surface area (Å²) in [5, 5.41) is 13.9. The van der Waals surface area contributed by atoms with Crippen LogP contribution in [0, 0.1) is 0 Å². The Morgan fingerprint density at radius 3 is 2.92 bits per heavy atom. The quantitative estimate of drug-likeness (QED) is 0.845. The molecule has 0 saturated heterocycles. The number of thiophene rings is 1. The van der Waals surface area contributed by atoms with Gasteiger partial charge in [-0.3, -0.25) is 0 Å². The first-order valence-corrected chi connectivity index (χ1v) is 5.71. The van der Waals surface area contributed by atoms with Crippen molar-refractivity contribution >= 4 is 22.7 Å². The van der Waals surface area contributed by atoms with Gasteiger partial charge < -0.3 is 5.11 Å². The molecule has 0 bridgehead atoms. The minimum Gasteiger partial charge on any atom is -0.390 e. The van der Waals surface area contributed by atoms with Crippen LogP contribution < -0.4 is 0 Å². The Morgan fingerprint density at radius 1 is 1.38 bits per heavy atom. The summed E-state index contributed by atoms with van der Waals surface area (Å²) in [4.78, 5) is 5.60. The van der Waals surface area contributed by atoms with Gasteiger partial charge in [0.2, 0.25) is 0 Å². The van der Waals surface area contributed by atoms with Gasteiger partial charge in [-0.25, -0.2) is 4.98 Å². The zero-order valence-corrected chi connectivity index (χ0v) is 8.57. The number of hydrogen-bond acceptors (Lipinski definition) is 4. The molecule has 1 N–H and O–H groups in total. The Bertz CT molecular complexity index is 367. The predicted molar refractivity (Wildman–Crippen MR) is 55.2 cm³/mol. The maximum absolute atomic E-state index is 8.82. The lowest BCUT2D eigenvalue weighted by atomic mass is 10.3. The molecule has 0 aromatic carbocycles. The van der Waals surface area contributed by atoms with Gasteiger partial charge in [-0.2, -0.15) is 0 Å². The molecule has 4 heteroatoms. The second kappa shape index (κ2) is 4.00. The minimum atomic E-state index is 0.0426. The molecule has 2 aromatic rings. The van der Waals surface area contributed by atoms with E-state index in [9.17, 15) is 0 Å². The second-order valence-corrected chi connectivity index (χ2v) is 4.62. The van der Waals surface area contributed by atoms with Crippen LogP contribution in [-0.2, 0) is 13.0 Å². The highest BCUT2D eigenvalue weighted by Crippen LogP contribution is 2.17. The molecule has 0 saturated carbocycles. The smallest absolute Gasteiger partial charge is 0.0981 e. The molecule has 0 atom stereocenters. The first kappa shape index (κ1) is 8.87. The summed E-state index contributed by atoms with van der Waals surface area (Å²) in [5.74, 6) is 0. The lowest BCUT2D eigenvalue weighted by Gasteiger charge is -1.90. The highest BCUT2D eigenvalue weighted by molar-refractivity contribution is 7.11. The van der Waals surface area contributed by atoms with Gasteiger partial charge in [0.25, 0.3) is 0 Å². The highest BCUT2D eigenvalue weighted by Gasteiger charge is 2.02. The fourth-order valence-corrected chi connectivity index (χ4v) is 2.67. The summed E-state index contributed by atoms with van der Waals surface area (Å²) in [5.41, 5.74) is 0.775. The van der Waals surface area contributed by atoms with Gasteiger partial charge in [-0.15, -0.1) is 22.7 Å². The van der Waals surface area contributed by atoms with E-state index in [2.05, 4.69) is 16.4 Å². The molecule has 0 fully saturated rings. The van der Waals surface area contributed by atoms with Gasteiger partial charge >= 0.3 is 0 Å². The van der Waals surface area contributed by atoms with Crippen molar-refractivity contribution in [3.8, 4) is 0 Å². The SMILES string of the molecule is OCc1csc(Cc2cccs2)n1. The van der Waals surface area contributed by atoms with E-state index in [1.54, 1.807) is 22.7 Å². The van der Waals surface area contributed by atoms with E-state index in [-0.39, 0.29) is 6.61 Å². The van der Waals surface area contributed by atoms with Crippen LogP contribution in [0.3, 0.4) is 0 Å². The third kappa shape index (κ3) is 2.15. The maximum Gasteiger partial charge on any atom is 0.0981 e. The van der Waals surface area contributed by atoms with Gasteiger partial charge in [0.15, 0.2) is 0 Å². The van der Waals surface area contributed by atoms with Gasteiger partial charge in [-0.05, 0) is 11.4 Å². The molecule has 2 nitrogen and oxygen atoms in total. The Balaban J connectivity index is 2.10. The highest BCUT2D eigenvalue weighted by atomic mass is 32.1. The van der Waals surface area contributed by atoms with Crippen LogP contribution in [0.25, 0.3) is 0 Å². The zero-order valence-electron chi connectivity index (χ0n) is 6.93. The van der Waals surface area contributed by atoms with Crippen molar-refractivity contribution in [2.45, 2.75) is 13.0 Å². The molecule has 2 aromatic heterocycles. The third-order valence-corrected chi connectivity index (χ3v) is 3.44. The average Bonchev–Trinajstić information content (AvgIpc) is 2.76. The lowest BCUT2D eigenvalue weighted by Crippen LogP contribution is -1.86. The lowest BCUT2D eigenvalue weighted by molar-refractivity contribution is 0.277. The van der Waals surface area contributed by atoms with Crippen molar-refractivity contribution < 1.29 is 5.11 Å².